The van der Waals surface area contributed by atoms with Gasteiger partial charge >= 0.3 is 0 Å². The van der Waals surface area contributed by atoms with Crippen LogP contribution in [0.3, 0.4) is 0 Å². The van der Waals surface area contributed by atoms with E-state index in [1.807, 2.05) is 6.92 Å². The fraction of sp³-hybridized carbons (Fsp3) is 1.00. The van der Waals surface area contributed by atoms with E-state index in [1.165, 1.54) is 0 Å². The van der Waals surface area contributed by atoms with Gasteiger partial charge in [0, 0.05) is 6.61 Å². The van der Waals surface area contributed by atoms with Gasteiger partial charge in [-0.2, -0.15) is 8.42 Å². The van der Waals surface area contributed by atoms with Crippen molar-refractivity contribution in [2.45, 2.75) is 31.6 Å². The molecular formula is C7H17NO4S. The predicted molar refractivity (Wildman–Crippen MR) is 49.6 cm³/mol. The molecule has 6 heteroatoms. The third kappa shape index (κ3) is 5.20. The molecule has 0 aliphatic heterocycles. The van der Waals surface area contributed by atoms with E-state index in [-0.39, 0.29) is 18.9 Å². The van der Waals surface area contributed by atoms with Crippen LogP contribution in [0.1, 0.15) is 26.2 Å². The van der Waals surface area contributed by atoms with Gasteiger partial charge in [0.2, 0.25) is 0 Å². The van der Waals surface area contributed by atoms with Gasteiger partial charge in [0.25, 0.3) is 10.1 Å². The van der Waals surface area contributed by atoms with E-state index < -0.39 is 15.5 Å². The van der Waals surface area contributed by atoms with Gasteiger partial charge in [-0.15, -0.1) is 0 Å². The smallest absolute Gasteiger partial charge is 0.280 e. The highest BCUT2D eigenvalue weighted by molar-refractivity contribution is 7.86. The molecule has 5 nitrogen and oxygen atoms in total. The molecule has 0 fully saturated rings. The first kappa shape index (κ1) is 12.8. The largest absolute Gasteiger partial charge is 0.396 e. The Labute approximate surface area is 78.7 Å². The summed E-state index contributed by atoms with van der Waals surface area (Å²) in [5.74, 6) is 0.0628. The minimum absolute atomic E-state index is 0.0225. The molecule has 0 aliphatic carbocycles. The van der Waals surface area contributed by atoms with Crippen LogP contribution in [-0.4, -0.2) is 30.1 Å². The maximum Gasteiger partial charge on any atom is 0.280 e. The van der Waals surface area contributed by atoms with Gasteiger partial charge < -0.3 is 10.8 Å². The van der Waals surface area contributed by atoms with E-state index in [0.717, 1.165) is 6.42 Å². The summed E-state index contributed by atoms with van der Waals surface area (Å²) in [5, 5.41) is 7.56. The van der Waals surface area contributed by atoms with Crippen LogP contribution in [-0.2, 0) is 10.1 Å². The number of aliphatic hydroxyl groups excluding tert-OH is 1. The van der Waals surface area contributed by atoms with Gasteiger partial charge in [0.15, 0.2) is 0 Å². The lowest BCUT2D eigenvalue weighted by molar-refractivity contribution is 0.212. The highest BCUT2D eigenvalue weighted by atomic mass is 32.2. The van der Waals surface area contributed by atoms with Crippen LogP contribution in [0, 0.1) is 5.92 Å². The molecule has 0 rings (SSSR count). The van der Waals surface area contributed by atoms with Crippen molar-refractivity contribution in [1.29, 1.82) is 0 Å². The lowest BCUT2D eigenvalue weighted by atomic mass is 10.0. The van der Waals surface area contributed by atoms with Gasteiger partial charge in [-0.25, -0.2) is 0 Å². The molecule has 0 aliphatic rings. The van der Waals surface area contributed by atoms with Crippen LogP contribution in [0.5, 0.6) is 0 Å². The molecule has 0 bridgehead atoms. The van der Waals surface area contributed by atoms with Crippen molar-refractivity contribution in [2.24, 2.45) is 11.7 Å². The zero-order valence-corrected chi connectivity index (χ0v) is 8.50. The van der Waals surface area contributed by atoms with E-state index >= 15 is 0 Å². The molecule has 2 unspecified atom stereocenters. The Hall–Kier alpha value is -0.170. The average molecular weight is 211 g/mol. The molecule has 80 valence electrons. The summed E-state index contributed by atoms with van der Waals surface area (Å²) in [4.78, 5) is 0. The molecule has 13 heavy (non-hydrogen) atoms. The minimum atomic E-state index is -4.12. The second-order valence-corrected chi connectivity index (χ2v) is 4.72. The molecular weight excluding hydrogens is 194 g/mol. The summed E-state index contributed by atoms with van der Waals surface area (Å²) < 4.78 is 29.5. The summed E-state index contributed by atoms with van der Waals surface area (Å²) in [7, 11) is -4.12. The molecule has 0 aromatic carbocycles. The van der Waals surface area contributed by atoms with E-state index in [1.54, 1.807) is 0 Å². The van der Waals surface area contributed by atoms with Crippen molar-refractivity contribution in [2.75, 3.05) is 6.61 Å². The Morgan fingerprint density at radius 1 is 1.38 bits per heavy atom. The van der Waals surface area contributed by atoms with Crippen molar-refractivity contribution in [3.63, 3.8) is 0 Å². The van der Waals surface area contributed by atoms with Crippen LogP contribution in [0.4, 0.5) is 0 Å². The zero-order chi connectivity index (χ0) is 10.5. The summed E-state index contributed by atoms with van der Waals surface area (Å²) in [6.07, 6.45) is 1.46. The summed E-state index contributed by atoms with van der Waals surface area (Å²) >= 11 is 0. The van der Waals surface area contributed by atoms with Gasteiger partial charge in [-0.3, -0.25) is 4.55 Å². The Morgan fingerprint density at radius 2 is 1.92 bits per heavy atom. The Kier molecular flexibility index (Phi) is 5.46. The third-order valence-corrected chi connectivity index (χ3v) is 3.08. The van der Waals surface area contributed by atoms with Crippen molar-refractivity contribution >= 4 is 10.1 Å². The standard InChI is InChI=1S/C7H17NO4S/c1-2-6(5-9)3-4-7(8)13(10,11)12/h6-7,9H,2-5,8H2,1H3,(H,10,11,12). The van der Waals surface area contributed by atoms with Gasteiger partial charge in [-0.1, -0.05) is 13.3 Å². The van der Waals surface area contributed by atoms with E-state index in [2.05, 4.69) is 0 Å². The average Bonchev–Trinajstić information content (AvgIpc) is 2.04. The molecule has 0 amide bonds. The first-order valence-corrected chi connectivity index (χ1v) is 5.74. The quantitative estimate of drug-likeness (QED) is 0.535. The maximum absolute atomic E-state index is 10.5. The number of rotatable bonds is 6. The second kappa shape index (κ2) is 5.54. The van der Waals surface area contributed by atoms with Gasteiger partial charge in [0.05, 0.1) is 0 Å². The zero-order valence-electron chi connectivity index (χ0n) is 7.68. The summed E-state index contributed by atoms with van der Waals surface area (Å²) in [6, 6.07) is 0. The number of nitrogens with two attached hydrogens (primary N) is 1. The molecule has 0 heterocycles. The third-order valence-electron chi connectivity index (χ3n) is 2.08. The van der Waals surface area contributed by atoms with E-state index in [9.17, 15) is 8.42 Å². The lowest BCUT2D eigenvalue weighted by Gasteiger charge is -2.13. The monoisotopic (exact) mass is 211 g/mol. The van der Waals surface area contributed by atoms with Crippen molar-refractivity contribution in [3.05, 3.63) is 0 Å². The highest BCUT2D eigenvalue weighted by Gasteiger charge is 2.18. The van der Waals surface area contributed by atoms with Crippen molar-refractivity contribution in [3.8, 4) is 0 Å². The first-order chi connectivity index (χ1) is 5.91. The Bertz CT molecular complexity index is 223. The second-order valence-electron chi connectivity index (χ2n) is 3.09. The van der Waals surface area contributed by atoms with E-state index in [0.29, 0.717) is 6.42 Å². The molecule has 0 aromatic rings. The Morgan fingerprint density at radius 3 is 2.23 bits per heavy atom. The van der Waals surface area contributed by atoms with E-state index in [4.69, 9.17) is 15.4 Å². The van der Waals surface area contributed by atoms with Crippen LogP contribution >= 0.6 is 0 Å². The number of aliphatic hydroxyl groups is 1. The fourth-order valence-corrected chi connectivity index (χ4v) is 1.41. The van der Waals surface area contributed by atoms with Gasteiger partial charge in [-0.05, 0) is 18.8 Å². The molecule has 4 N–H and O–H groups in total. The van der Waals surface area contributed by atoms with Crippen LogP contribution in [0.15, 0.2) is 0 Å². The van der Waals surface area contributed by atoms with Crippen LogP contribution in [0.25, 0.3) is 0 Å². The maximum atomic E-state index is 10.5. The molecule has 0 saturated heterocycles. The SMILES string of the molecule is CCC(CO)CCC(N)S(=O)(=O)O. The normalized spacial score (nSPS) is 16.9. The summed E-state index contributed by atoms with van der Waals surface area (Å²) in [5.41, 5.74) is 5.19. The molecule has 0 spiro atoms. The van der Waals surface area contributed by atoms with Crippen molar-refractivity contribution in [1.82, 2.24) is 0 Å². The predicted octanol–water partition coefficient (Wildman–Crippen LogP) is -0.0423. The minimum Gasteiger partial charge on any atom is -0.396 e. The fourth-order valence-electron chi connectivity index (χ4n) is 0.973. The highest BCUT2D eigenvalue weighted by Crippen LogP contribution is 2.12. The van der Waals surface area contributed by atoms with Crippen molar-refractivity contribution < 1.29 is 18.1 Å². The molecule has 2 atom stereocenters. The molecule has 0 radical (unpaired) electrons. The topological polar surface area (TPSA) is 101 Å². The van der Waals surface area contributed by atoms with Gasteiger partial charge in [0.1, 0.15) is 5.37 Å². The lowest BCUT2D eigenvalue weighted by Crippen LogP contribution is -2.30. The molecule has 0 aromatic heterocycles. The number of hydrogen-bond acceptors (Lipinski definition) is 4. The summed E-state index contributed by atoms with van der Waals surface area (Å²) in [6.45, 7) is 1.93. The Balaban J connectivity index is 3.89. The van der Waals surface area contributed by atoms with Crippen LogP contribution < -0.4 is 5.73 Å². The molecule has 0 saturated carbocycles. The van der Waals surface area contributed by atoms with Crippen LogP contribution in [0.2, 0.25) is 0 Å². The first-order valence-electron chi connectivity index (χ1n) is 4.24. The number of hydrogen-bond donors (Lipinski definition) is 3.